The van der Waals surface area contributed by atoms with Crippen LogP contribution < -0.4 is 10.1 Å². The molecule has 2 aliphatic rings. The quantitative estimate of drug-likeness (QED) is 0.557. The minimum Gasteiger partial charge on any atom is -0.492 e. The normalized spacial score (nSPS) is 17.9. The number of anilines is 1. The Labute approximate surface area is 187 Å². The zero-order chi connectivity index (χ0) is 21.8. The van der Waals surface area contributed by atoms with Gasteiger partial charge in [0.2, 0.25) is 0 Å². The van der Waals surface area contributed by atoms with E-state index in [1.165, 1.54) is 0 Å². The van der Waals surface area contributed by atoms with Crippen LogP contribution in [0.5, 0.6) is 5.75 Å². The molecule has 4 rings (SSSR count). The van der Waals surface area contributed by atoms with Crippen molar-refractivity contribution in [2.75, 3.05) is 25.1 Å². The lowest BCUT2D eigenvalue weighted by Crippen LogP contribution is -2.50. The Balaban J connectivity index is 1.68. The molecule has 2 N–H and O–H groups in total. The lowest BCUT2D eigenvalue weighted by atomic mass is 9.89. The summed E-state index contributed by atoms with van der Waals surface area (Å²) in [5.41, 5.74) is 2.50. The molecule has 1 saturated heterocycles. The third kappa shape index (κ3) is 4.97. The maximum absolute atomic E-state index is 12.0. The molecule has 1 aliphatic heterocycles. The molecule has 0 aromatic heterocycles. The minimum absolute atomic E-state index is 0.301. The molecule has 1 aliphatic carbocycles. The first-order valence-corrected chi connectivity index (χ1v) is 11.2. The molecule has 0 atom stereocenters. The van der Waals surface area contributed by atoms with Gasteiger partial charge in [-0.15, -0.1) is 0 Å². The van der Waals surface area contributed by atoms with Crippen molar-refractivity contribution in [3.05, 3.63) is 47.0 Å². The summed E-state index contributed by atoms with van der Waals surface area (Å²) in [6.45, 7) is 3.75. The third-order valence-corrected chi connectivity index (χ3v) is 6.19. The van der Waals surface area contributed by atoms with Crippen molar-refractivity contribution in [2.24, 2.45) is 0 Å². The van der Waals surface area contributed by atoms with Crippen molar-refractivity contribution in [2.45, 2.75) is 50.9 Å². The van der Waals surface area contributed by atoms with Gasteiger partial charge in [-0.25, -0.2) is 4.79 Å². The van der Waals surface area contributed by atoms with E-state index in [0.717, 1.165) is 35.2 Å². The van der Waals surface area contributed by atoms with E-state index in [2.05, 4.69) is 5.32 Å². The van der Waals surface area contributed by atoms with Gasteiger partial charge in [0.1, 0.15) is 11.3 Å². The largest absolute Gasteiger partial charge is 0.492 e. The third-order valence-electron chi connectivity index (χ3n) is 5.80. The molecule has 1 heterocycles. The summed E-state index contributed by atoms with van der Waals surface area (Å²) in [5, 5.41) is 13.7. The number of ether oxygens (including phenoxy) is 3. The summed E-state index contributed by atoms with van der Waals surface area (Å²) in [7, 11) is 0. The highest BCUT2D eigenvalue weighted by Gasteiger charge is 2.40. The molecule has 2 aromatic rings. The van der Waals surface area contributed by atoms with Crippen molar-refractivity contribution in [1.29, 1.82) is 0 Å². The van der Waals surface area contributed by atoms with Crippen LogP contribution >= 0.6 is 11.6 Å². The first-order valence-electron chi connectivity index (χ1n) is 10.8. The first-order chi connectivity index (χ1) is 15.0. The summed E-state index contributed by atoms with van der Waals surface area (Å²) in [4.78, 5) is 12.0. The Hall–Kier alpha value is -2.28. The van der Waals surface area contributed by atoms with E-state index >= 15 is 0 Å². The SMILES string of the molecule is CCOc1cccc(-c2ccc(NC3(C(=O)O)CCOCC3)cc2COC2CC2)c1Cl. The fourth-order valence-electron chi connectivity index (χ4n) is 3.87. The van der Waals surface area contributed by atoms with Gasteiger partial charge in [0, 0.05) is 37.3 Å². The number of rotatable bonds is 9. The number of aliphatic carboxylic acids is 1. The van der Waals surface area contributed by atoms with Gasteiger partial charge in [0.05, 0.1) is 24.3 Å². The van der Waals surface area contributed by atoms with Crippen LogP contribution in [0.1, 0.15) is 38.2 Å². The fourth-order valence-corrected chi connectivity index (χ4v) is 4.15. The standard InChI is InChI=1S/C24H28ClNO5/c1-2-30-21-5-3-4-20(22(21)25)19-9-6-17(14-16(19)15-31-18-7-8-18)26-24(23(27)28)10-12-29-13-11-24/h3-6,9,14,18,26H,2,7-8,10-13,15H2,1H3,(H,27,28). The molecule has 2 aromatic carbocycles. The van der Waals surface area contributed by atoms with Crippen LogP contribution in [0.4, 0.5) is 5.69 Å². The zero-order valence-electron chi connectivity index (χ0n) is 17.7. The van der Waals surface area contributed by atoms with Crippen molar-refractivity contribution >= 4 is 23.3 Å². The Bertz CT molecular complexity index is 938. The molecule has 0 amide bonds. The van der Waals surface area contributed by atoms with Crippen molar-refractivity contribution in [1.82, 2.24) is 0 Å². The molecule has 1 saturated carbocycles. The molecule has 31 heavy (non-hydrogen) atoms. The van der Waals surface area contributed by atoms with Gasteiger partial charge < -0.3 is 24.6 Å². The molecule has 166 valence electrons. The van der Waals surface area contributed by atoms with Crippen molar-refractivity contribution < 1.29 is 24.1 Å². The minimum atomic E-state index is -1.03. The predicted octanol–water partition coefficient (Wildman–Crippen LogP) is 5.13. The second kappa shape index (κ2) is 9.47. The van der Waals surface area contributed by atoms with Crippen LogP contribution in [0.25, 0.3) is 11.1 Å². The summed E-state index contributed by atoms with van der Waals surface area (Å²) in [6.07, 6.45) is 3.29. The van der Waals surface area contributed by atoms with E-state index in [4.69, 9.17) is 25.8 Å². The van der Waals surface area contributed by atoms with E-state index in [-0.39, 0.29) is 0 Å². The highest BCUT2D eigenvalue weighted by molar-refractivity contribution is 6.34. The van der Waals surface area contributed by atoms with Gasteiger partial charge in [-0.3, -0.25) is 0 Å². The van der Waals surface area contributed by atoms with Gasteiger partial charge in [0.25, 0.3) is 0 Å². The summed E-state index contributed by atoms with van der Waals surface area (Å²) in [6, 6.07) is 11.6. The number of carboxylic acid groups (broad SMARTS) is 1. The Morgan fingerprint density at radius 3 is 2.68 bits per heavy atom. The van der Waals surface area contributed by atoms with E-state index in [9.17, 15) is 9.90 Å². The molecule has 0 unspecified atom stereocenters. The fraction of sp³-hybridized carbons (Fsp3) is 0.458. The van der Waals surface area contributed by atoms with Gasteiger partial charge in [-0.05, 0) is 49.1 Å². The van der Waals surface area contributed by atoms with E-state index < -0.39 is 11.5 Å². The number of hydrogen-bond acceptors (Lipinski definition) is 5. The molecular weight excluding hydrogens is 418 g/mol. The molecule has 7 heteroatoms. The topological polar surface area (TPSA) is 77.0 Å². The van der Waals surface area contributed by atoms with E-state index in [1.807, 2.05) is 43.3 Å². The van der Waals surface area contributed by atoms with Crippen molar-refractivity contribution in [3.8, 4) is 16.9 Å². The van der Waals surface area contributed by atoms with Gasteiger partial charge in [-0.2, -0.15) is 0 Å². The van der Waals surface area contributed by atoms with Crippen LogP contribution in [0.3, 0.4) is 0 Å². The lowest BCUT2D eigenvalue weighted by Gasteiger charge is -2.35. The monoisotopic (exact) mass is 445 g/mol. The van der Waals surface area contributed by atoms with Crippen LogP contribution in [0, 0.1) is 0 Å². The molecule has 0 bridgehead atoms. The lowest BCUT2D eigenvalue weighted by molar-refractivity contribution is -0.145. The second-order valence-corrected chi connectivity index (χ2v) is 8.44. The molecule has 6 nitrogen and oxygen atoms in total. The number of benzene rings is 2. The Kier molecular flexibility index (Phi) is 6.70. The summed E-state index contributed by atoms with van der Waals surface area (Å²) < 4.78 is 17.0. The average molecular weight is 446 g/mol. The van der Waals surface area contributed by atoms with Crippen LogP contribution in [0.15, 0.2) is 36.4 Å². The summed E-state index contributed by atoms with van der Waals surface area (Å²) in [5.74, 6) is -0.215. The van der Waals surface area contributed by atoms with E-state index in [0.29, 0.717) is 56.1 Å². The smallest absolute Gasteiger partial charge is 0.329 e. The maximum atomic E-state index is 12.0. The maximum Gasteiger partial charge on any atom is 0.329 e. The van der Waals surface area contributed by atoms with Crippen LogP contribution in [-0.2, 0) is 20.9 Å². The molecule has 2 fully saturated rings. The number of carbonyl (C=O) groups is 1. The van der Waals surface area contributed by atoms with Crippen LogP contribution in [-0.4, -0.2) is 42.5 Å². The predicted molar refractivity (Wildman–Crippen MR) is 120 cm³/mol. The van der Waals surface area contributed by atoms with Crippen molar-refractivity contribution in [3.63, 3.8) is 0 Å². The van der Waals surface area contributed by atoms with Gasteiger partial charge in [-0.1, -0.05) is 29.8 Å². The molecule has 0 radical (unpaired) electrons. The highest BCUT2D eigenvalue weighted by Crippen LogP contribution is 2.39. The van der Waals surface area contributed by atoms with Crippen LogP contribution in [0.2, 0.25) is 5.02 Å². The number of halogens is 1. The second-order valence-electron chi connectivity index (χ2n) is 8.06. The molecule has 0 spiro atoms. The first kappa shape index (κ1) is 21.9. The highest BCUT2D eigenvalue weighted by atomic mass is 35.5. The van der Waals surface area contributed by atoms with Gasteiger partial charge >= 0.3 is 5.97 Å². The number of carboxylic acids is 1. The molecular formula is C24H28ClNO5. The number of hydrogen-bond donors (Lipinski definition) is 2. The Morgan fingerprint density at radius 2 is 2.00 bits per heavy atom. The average Bonchev–Trinajstić information content (AvgIpc) is 3.59. The van der Waals surface area contributed by atoms with Gasteiger partial charge in [0.15, 0.2) is 0 Å². The Morgan fingerprint density at radius 1 is 1.23 bits per heavy atom. The number of nitrogens with one attached hydrogen (secondary N) is 1. The zero-order valence-corrected chi connectivity index (χ0v) is 18.4. The van der Waals surface area contributed by atoms with E-state index in [1.54, 1.807) is 0 Å². The summed E-state index contributed by atoms with van der Waals surface area (Å²) >= 11 is 6.66.